The van der Waals surface area contributed by atoms with Crippen LogP contribution in [0.2, 0.25) is 0 Å². The van der Waals surface area contributed by atoms with Crippen LogP contribution in [-0.2, 0) is 6.54 Å². The number of aromatic carboxylic acids is 1. The maximum Gasteiger partial charge on any atom is 0.337 e. The summed E-state index contributed by atoms with van der Waals surface area (Å²) in [5.74, 6) is -0.956. The highest BCUT2D eigenvalue weighted by Crippen LogP contribution is 2.26. The molecule has 100 valence electrons. The summed E-state index contributed by atoms with van der Waals surface area (Å²) >= 11 is 0. The Bertz CT molecular complexity index is 640. The average Bonchev–Trinajstić information content (AvgIpc) is 2.73. The molecule has 0 atom stereocenters. The first-order chi connectivity index (χ1) is 9.08. The zero-order valence-electron chi connectivity index (χ0n) is 11.1. The number of carbonyl (C=O) groups excluding carboxylic acids is 1. The molecule has 2 aromatic rings. The van der Waals surface area contributed by atoms with Crippen LogP contribution in [0.15, 0.2) is 18.3 Å². The van der Waals surface area contributed by atoms with Gasteiger partial charge in [-0.25, -0.2) is 4.79 Å². The third-order valence-corrected chi connectivity index (χ3v) is 3.26. The fourth-order valence-corrected chi connectivity index (χ4v) is 2.37. The fraction of sp³-hybridized carbons (Fsp3) is 0.333. The van der Waals surface area contributed by atoms with E-state index in [4.69, 9.17) is 0 Å². The van der Waals surface area contributed by atoms with Crippen LogP contribution in [0.1, 0.15) is 46.0 Å². The summed E-state index contributed by atoms with van der Waals surface area (Å²) in [6.07, 6.45) is 4.51. The second-order valence-electron chi connectivity index (χ2n) is 4.76. The highest BCUT2D eigenvalue weighted by atomic mass is 16.4. The van der Waals surface area contributed by atoms with Gasteiger partial charge in [0.25, 0.3) is 0 Å². The van der Waals surface area contributed by atoms with Crippen LogP contribution in [-0.4, -0.2) is 21.9 Å². The molecule has 0 amide bonds. The summed E-state index contributed by atoms with van der Waals surface area (Å²) in [6.45, 7) is 4.64. The lowest BCUT2D eigenvalue weighted by Crippen LogP contribution is -2.03. The van der Waals surface area contributed by atoms with Crippen molar-refractivity contribution in [1.82, 2.24) is 4.57 Å². The smallest absolute Gasteiger partial charge is 0.337 e. The molecule has 1 N–H and O–H groups in total. The Morgan fingerprint density at radius 1 is 1.42 bits per heavy atom. The predicted molar refractivity (Wildman–Crippen MR) is 73.9 cm³/mol. The summed E-state index contributed by atoms with van der Waals surface area (Å²) in [7, 11) is 0. The minimum absolute atomic E-state index is 0.263. The van der Waals surface area contributed by atoms with Gasteiger partial charge in [0.1, 0.15) is 0 Å². The number of carboxylic acid groups (broad SMARTS) is 1. The third-order valence-electron chi connectivity index (χ3n) is 3.26. The number of unbranched alkanes of at least 4 members (excludes halogenated alkanes) is 1. The summed E-state index contributed by atoms with van der Waals surface area (Å²) in [4.78, 5) is 22.5. The molecule has 1 aromatic heterocycles. The first-order valence-electron chi connectivity index (χ1n) is 6.40. The molecule has 0 saturated carbocycles. The van der Waals surface area contributed by atoms with Gasteiger partial charge in [-0.15, -0.1) is 0 Å². The van der Waals surface area contributed by atoms with Gasteiger partial charge < -0.3 is 9.67 Å². The van der Waals surface area contributed by atoms with Gasteiger partial charge in [-0.1, -0.05) is 13.3 Å². The Kier molecular flexibility index (Phi) is 3.69. The van der Waals surface area contributed by atoms with Crippen molar-refractivity contribution in [3.63, 3.8) is 0 Å². The Morgan fingerprint density at radius 2 is 2.16 bits per heavy atom. The van der Waals surface area contributed by atoms with Crippen LogP contribution < -0.4 is 0 Å². The number of aldehydes is 1. The maximum absolute atomic E-state index is 11.4. The molecule has 1 aromatic carbocycles. The van der Waals surface area contributed by atoms with E-state index in [-0.39, 0.29) is 5.56 Å². The molecule has 0 aliphatic heterocycles. The number of rotatable bonds is 5. The highest BCUT2D eigenvalue weighted by molar-refractivity contribution is 6.07. The minimum atomic E-state index is -0.956. The van der Waals surface area contributed by atoms with Crippen molar-refractivity contribution in [3.05, 3.63) is 35.0 Å². The van der Waals surface area contributed by atoms with E-state index in [0.29, 0.717) is 11.1 Å². The van der Waals surface area contributed by atoms with Gasteiger partial charge in [0.2, 0.25) is 0 Å². The SMILES string of the molecule is CCCCn1cc(C=O)c2cc(C)cc(C(=O)O)c21. The Morgan fingerprint density at radius 3 is 2.74 bits per heavy atom. The number of fused-ring (bicyclic) bond motifs is 1. The fourth-order valence-electron chi connectivity index (χ4n) is 2.37. The molecule has 0 spiro atoms. The average molecular weight is 259 g/mol. The Hall–Kier alpha value is -2.10. The van der Waals surface area contributed by atoms with Crippen LogP contribution >= 0.6 is 0 Å². The number of aryl methyl sites for hydroxylation is 2. The first-order valence-corrected chi connectivity index (χ1v) is 6.40. The van der Waals surface area contributed by atoms with Crippen molar-refractivity contribution >= 4 is 23.2 Å². The maximum atomic E-state index is 11.4. The van der Waals surface area contributed by atoms with E-state index in [2.05, 4.69) is 6.92 Å². The van der Waals surface area contributed by atoms with Crippen molar-refractivity contribution in [3.8, 4) is 0 Å². The number of carboxylic acids is 1. The third kappa shape index (κ3) is 2.38. The van der Waals surface area contributed by atoms with Gasteiger partial charge in [0.05, 0.1) is 11.1 Å². The van der Waals surface area contributed by atoms with Crippen molar-refractivity contribution in [2.75, 3.05) is 0 Å². The number of aromatic nitrogens is 1. The number of benzene rings is 1. The summed E-state index contributed by atoms with van der Waals surface area (Å²) in [5.41, 5.74) is 2.31. The van der Waals surface area contributed by atoms with Crippen LogP contribution in [0.3, 0.4) is 0 Å². The first kappa shape index (κ1) is 13.3. The van der Waals surface area contributed by atoms with Gasteiger partial charge in [0.15, 0.2) is 6.29 Å². The number of nitrogens with zero attached hydrogens (tertiary/aromatic N) is 1. The molecule has 1 heterocycles. The Labute approximate surface area is 111 Å². The number of hydrogen-bond acceptors (Lipinski definition) is 2. The van der Waals surface area contributed by atoms with Crippen LogP contribution in [0.25, 0.3) is 10.9 Å². The van der Waals surface area contributed by atoms with E-state index in [9.17, 15) is 14.7 Å². The van der Waals surface area contributed by atoms with Gasteiger partial charge in [-0.2, -0.15) is 0 Å². The van der Waals surface area contributed by atoms with Crippen molar-refractivity contribution in [1.29, 1.82) is 0 Å². The second kappa shape index (κ2) is 5.26. The molecule has 0 radical (unpaired) electrons. The van der Waals surface area contributed by atoms with Crippen molar-refractivity contribution in [2.24, 2.45) is 0 Å². The molecule has 0 unspecified atom stereocenters. The van der Waals surface area contributed by atoms with E-state index < -0.39 is 5.97 Å². The molecule has 2 rings (SSSR count). The molecule has 0 fully saturated rings. The topological polar surface area (TPSA) is 59.3 Å². The van der Waals surface area contributed by atoms with Crippen LogP contribution in [0.5, 0.6) is 0 Å². The summed E-state index contributed by atoms with van der Waals surface area (Å²) in [6, 6.07) is 3.52. The molecule has 0 aliphatic rings. The van der Waals surface area contributed by atoms with Crippen LogP contribution in [0, 0.1) is 6.92 Å². The summed E-state index contributed by atoms with van der Waals surface area (Å²) in [5, 5.41) is 10.1. The standard InChI is InChI=1S/C15H17NO3/c1-3-4-5-16-8-11(9-17)12-6-10(2)7-13(14(12)16)15(18)19/h6-9H,3-5H2,1-2H3,(H,18,19). The zero-order chi connectivity index (χ0) is 14.0. The quantitative estimate of drug-likeness (QED) is 0.838. The van der Waals surface area contributed by atoms with E-state index in [1.807, 2.05) is 17.6 Å². The lowest BCUT2D eigenvalue weighted by Gasteiger charge is -2.07. The zero-order valence-corrected chi connectivity index (χ0v) is 11.1. The lowest BCUT2D eigenvalue weighted by molar-refractivity contribution is 0.0698. The molecule has 0 saturated heterocycles. The lowest BCUT2D eigenvalue weighted by atomic mass is 10.1. The van der Waals surface area contributed by atoms with E-state index in [1.165, 1.54) is 0 Å². The molecule has 4 heteroatoms. The predicted octanol–water partition coefficient (Wildman–Crippen LogP) is 3.26. The van der Waals surface area contributed by atoms with Gasteiger partial charge in [-0.3, -0.25) is 4.79 Å². The summed E-state index contributed by atoms with van der Waals surface area (Å²) < 4.78 is 1.88. The van der Waals surface area contributed by atoms with Gasteiger partial charge in [-0.05, 0) is 31.0 Å². The van der Waals surface area contributed by atoms with E-state index in [0.717, 1.165) is 36.6 Å². The molecular formula is C15H17NO3. The van der Waals surface area contributed by atoms with Crippen molar-refractivity contribution in [2.45, 2.75) is 33.2 Å². The molecule has 4 nitrogen and oxygen atoms in total. The number of carbonyl (C=O) groups is 2. The van der Waals surface area contributed by atoms with E-state index in [1.54, 1.807) is 12.3 Å². The molecule has 0 aliphatic carbocycles. The van der Waals surface area contributed by atoms with E-state index >= 15 is 0 Å². The van der Waals surface area contributed by atoms with Crippen LogP contribution in [0.4, 0.5) is 0 Å². The van der Waals surface area contributed by atoms with Crippen molar-refractivity contribution < 1.29 is 14.7 Å². The molecule has 0 bridgehead atoms. The normalized spacial score (nSPS) is 10.8. The largest absolute Gasteiger partial charge is 0.478 e. The van der Waals surface area contributed by atoms with Gasteiger partial charge in [0, 0.05) is 23.7 Å². The number of hydrogen-bond donors (Lipinski definition) is 1. The second-order valence-corrected chi connectivity index (χ2v) is 4.76. The van der Waals surface area contributed by atoms with Gasteiger partial charge >= 0.3 is 5.97 Å². The Balaban J connectivity index is 2.75. The molecular weight excluding hydrogens is 242 g/mol. The monoisotopic (exact) mass is 259 g/mol. The highest BCUT2D eigenvalue weighted by Gasteiger charge is 2.16. The molecule has 19 heavy (non-hydrogen) atoms. The minimum Gasteiger partial charge on any atom is -0.478 e.